The number of hydrogen-bond acceptors (Lipinski definition) is 5. The van der Waals surface area contributed by atoms with Crippen molar-refractivity contribution >= 4 is 38.0 Å². The van der Waals surface area contributed by atoms with E-state index in [1.165, 1.54) is 11.1 Å². The molecular formula is C33H35FN6O2Si. The molecule has 0 aliphatic carbocycles. The third-order valence-electron chi connectivity index (χ3n) is 9.21. The van der Waals surface area contributed by atoms with Gasteiger partial charge in [-0.15, -0.1) is 0 Å². The summed E-state index contributed by atoms with van der Waals surface area (Å²) in [6.45, 7) is 6.04. The third kappa shape index (κ3) is 5.18. The molecule has 8 nitrogen and oxygen atoms in total. The summed E-state index contributed by atoms with van der Waals surface area (Å²) in [4.78, 5) is 36.6. The highest BCUT2D eigenvalue weighted by molar-refractivity contribution is 6.74. The van der Waals surface area contributed by atoms with Gasteiger partial charge >= 0.3 is 0 Å². The van der Waals surface area contributed by atoms with Crippen LogP contribution in [0.25, 0.3) is 16.9 Å². The van der Waals surface area contributed by atoms with Crippen molar-refractivity contribution in [1.82, 2.24) is 14.3 Å². The lowest BCUT2D eigenvalue weighted by atomic mass is 9.93. The number of rotatable bonds is 6. The first-order chi connectivity index (χ1) is 20.9. The molecule has 2 saturated heterocycles. The average Bonchev–Trinajstić information content (AvgIpc) is 3.78. The minimum Gasteiger partial charge on any atom is -0.375 e. The van der Waals surface area contributed by atoms with Crippen molar-refractivity contribution in [3.05, 3.63) is 83.4 Å². The number of aromatic nitrogens is 2. The lowest BCUT2D eigenvalue weighted by Crippen LogP contribution is -2.39. The molecule has 2 radical (unpaired) electrons. The summed E-state index contributed by atoms with van der Waals surface area (Å²) in [5.41, 5.74) is 11.8. The van der Waals surface area contributed by atoms with E-state index in [0.29, 0.717) is 29.9 Å². The predicted octanol–water partition coefficient (Wildman–Crippen LogP) is 5.28. The SMILES string of the molecule is C[C@@H]1c2ccccc2CCN1C(=O)c1cc(N2CCCC2)c2nc(-c3ccc(N4CCC([Si]C(N)=O)C4)cc3F)cn2c1. The van der Waals surface area contributed by atoms with Crippen LogP contribution in [-0.4, -0.2) is 68.0 Å². The highest BCUT2D eigenvalue weighted by atomic mass is 28.2. The molecule has 220 valence electrons. The Bertz CT molecular complexity index is 1720. The molecule has 0 bridgehead atoms. The summed E-state index contributed by atoms with van der Waals surface area (Å²) < 4.78 is 17.5. The molecule has 10 heteroatoms. The second kappa shape index (κ2) is 11.1. The maximum absolute atomic E-state index is 15.6. The van der Waals surface area contributed by atoms with Crippen molar-refractivity contribution in [3.63, 3.8) is 0 Å². The van der Waals surface area contributed by atoms with E-state index in [9.17, 15) is 9.59 Å². The highest BCUT2D eigenvalue weighted by Gasteiger charge is 2.30. The zero-order valence-electron chi connectivity index (χ0n) is 24.3. The molecule has 7 rings (SSSR count). The van der Waals surface area contributed by atoms with Gasteiger partial charge < -0.3 is 24.8 Å². The normalized spacial score (nSPS) is 20.2. The Morgan fingerprint density at radius 3 is 2.60 bits per heavy atom. The third-order valence-corrected chi connectivity index (χ3v) is 10.4. The van der Waals surface area contributed by atoms with E-state index in [0.717, 1.165) is 62.3 Å². The minimum atomic E-state index is -0.346. The van der Waals surface area contributed by atoms with Gasteiger partial charge in [-0.3, -0.25) is 9.59 Å². The number of primary amides is 1. The van der Waals surface area contributed by atoms with E-state index in [2.05, 4.69) is 34.9 Å². The number of carbonyl (C=O) groups is 2. The van der Waals surface area contributed by atoms with E-state index >= 15 is 4.39 Å². The van der Waals surface area contributed by atoms with Crippen molar-refractivity contribution in [2.24, 2.45) is 5.73 Å². The molecule has 2 aromatic heterocycles. The van der Waals surface area contributed by atoms with Crippen LogP contribution in [0.3, 0.4) is 0 Å². The predicted molar refractivity (Wildman–Crippen MR) is 168 cm³/mol. The maximum atomic E-state index is 15.6. The van der Waals surface area contributed by atoms with Crippen LogP contribution < -0.4 is 15.5 Å². The van der Waals surface area contributed by atoms with Crippen LogP contribution in [-0.2, 0) is 6.42 Å². The van der Waals surface area contributed by atoms with E-state index < -0.39 is 0 Å². The second-order valence-corrected chi connectivity index (χ2v) is 13.5. The first-order valence-corrected chi connectivity index (χ1v) is 16.2. The van der Waals surface area contributed by atoms with E-state index in [1.54, 1.807) is 12.1 Å². The monoisotopic (exact) mass is 594 g/mol. The first-order valence-electron chi connectivity index (χ1n) is 15.1. The number of halogens is 1. The van der Waals surface area contributed by atoms with Crippen molar-refractivity contribution in [2.45, 2.75) is 44.2 Å². The quantitative estimate of drug-likeness (QED) is 0.307. The fraction of sp³-hybridized carbons (Fsp3) is 0.364. The fourth-order valence-electron chi connectivity index (χ4n) is 6.96. The first kappa shape index (κ1) is 27.6. The molecule has 43 heavy (non-hydrogen) atoms. The highest BCUT2D eigenvalue weighted by Crippen LogP contribution is 2.35. The Kier molecular flexibility index (Phi) is 7.16. The molecule has 5 heterocycles. The van der Waals surface area contributed by atoms with Crippen LogP contribution in [0.4, 0.5) is 20.6 Å². The molecule has 3 aliphatic heterocycles. The molecule has 2 fully saturated rings. The zero-order valence-corrected chi connectivity index (χ0v) is 25.3. The molecule has 4 aromatic rings. The zero-order chi connectivity index (χ0) is 29.7. The van der Waals surface area contributed by atoms with Crippen molar-refractivity contribution in [3.8, 4) is 11.3 Å². The largest absolute Gasteiger partial charge is 0.375 e. The molecule has 2 amide bonds. The number of fused-ring (bicyclic) bond motifs is 2. The van der Waals surface area contributed by atoms with E-state index in [4.69, 9.17) is 10.7 Å². The van der Waals surface area contributed by atoms with E-state index in [1.807, 2.05) is 39.9 Å². The van der Waals surface area contributed by atoms with Gasteiger partial charge in [-0.05, 0) is 73.5 Å². The van der Waals surface area contributed by atoms with Crippen LogP contribution in [0.5, 0.6) is 0 Å². The van der Waals surface area contributed by atoms with Crippen LogP contribution >= 0.6 is 0 Å². The lowest BCUT2D eigenvalue weighted by molar-refractivity contribution is 0.0677. The number of anilines is 2. The number of carbonyl (C=O) groups excluding carboxylic acids is 2. The van der Waals surface area contributed by atoms with Gasteiger partial charge in [-0.2, -0.15) is 0 Å². The molecule has 1 unspecified atom stereocenters. The standard InChI is InChI=1S/C33H35FN6O2Si/c1-21-26-7-3-2-6-22(26)10-15-40(21)32(41)23-16-30(37-12-4-5-13-37)31-36-29(20-39(31)18-23)27-9-8-24(17-28(27)34)38-14-11-25(19-38)43-33(35)42/h2-3,6-9,16-18,20-21,25H,4-5,10-15,19H2,1H3,(H2,35,42)/t21-,25?/m1/s1. The van der Waals surface area contributed by atoms with Gasteiger partial charge in [0, 0.05) is 56.4 Å². The molecule has 2 aromatic carbocycles. The molecular weight excluding hydrogens is 559 g/mol. The summed E-state index contributed by atoms with van der Waals surface area (Å²) in [6, 6.07) is 15.6. The molecule has 2 N–H and O–H groups in total. The summed E-state index contributed by atoms with van der Waals surface area (Å²) in [7, 11) is 0.0885. The fourth-order valence-corrected chi connectivity index (χ4v) is 7.94. The smallest absolute Gasteiger partial charge is 0.255 e. The second-order valence-electron chi connectivity index (χ2n) is 11.9. The van der Waals surface area contributed by atoms with Gasteiger partial charge in [-0.1, -0.05) is 24.3 Å². The number of benzene rings is 2. The molecule has 0 saturated carbocycles. The number of pyridine rings is 1. The Balaban J connectivity index is 1.21. The Morgan fingerprint density at radius 2 is 1.81 bits per heavy atom. The molecule has 0 spiro atoms. The summed E-state index contributed by atoms with van der Waals surface area (Å²) in [6.07, 6.45) is 7.56. The molecule has 3 aliphatic rings. The topological polar surface area (TPSA) is 87.2 Å². The van der Waals surface area contributed by atoms with Crippen LogP contribution in [0.2, 0.25) is 5.54 Å². The Labute approximate surface area is 253 Å². The van der Waals surface area contributed by atoms with Gasteiger partial charge in [0.05, 0.1) is 23.0 Å². The van der Waals surface area contributed by atoms with Gasteiger partial charge in [0.2, 0.25) is 0 Å². The number of nitrogens with zero attached hydrogens (tertiary/aromatic N) is 5. The number of imidazole rings is 1. The van der Waals surface area contributed by atoms with Gasteiger partial charge in [0.25, 0.3) is 5.91 Å². The number of amides is 2. The van der Waals surface area contributed by atoms with Crippen molar-refractivity contribution < 1.29 is 14.0 Å². The maximum Gasteiger partial charge on any atom is 0.255 e. The minimum absolute atomic E-state index is 0.00371. The lowest BCUT2D eigenvalue weighted by Gasteiger charge is -2.35. The molecule has 2 atom stereocenters. The summed E-state index contributed by atoms with van der Waals surface area (Å²) in [5.74, 6) is -0.350. The van der Waals surface area contributed by atoms with Crippen molar-refractivity contribution in [2.75, 3.05) is 42.5 Å². The van der Waals surface area contributed by atoms with Gasteiger partial charge in [0.1, 0.15) is 5.82 Å². The van der Waals surface area contributed by atoms with Gasteiger partial charge in [-0.25, -0.2) is 9.37 Å². The summed E-state index contributed by atoms with van der Waals surface area (Å²) in [5, 5.41) is 0. The number of nitrogens with two attached hydrogens (primary N) is 1. The van der Waals surface area contributed by atoms with Crippen LogP contribution in [0.1, 0.15) is 53.7 Å². The van der Waals surface area contributed by atoms with E-state index in [-0.39, 0.29) is 38.4 Å². The van der Waals surface area contributed by atoms with Crippen LogP contribution in [0.15, 0.2) is 60.9 Å². The van der Waals surface area contributed by atoms with Gasteiger partial charge in [0.15, 0.2) is 20.7 Å². The number of hydrogen-bond donors (Lipinski definition) is 1. The summed E-state index contributed by atoms with van der Waals surface area (Å²) >= 11 is 0. The average molecular weight is 595 g/mol. The van der Waals surface area contributed by atoms with Crippen LogP contribution in [0, 0.1) is 5.82 Å². The Morgan fingerprint density at radius 1 is 1.00 bits per heavy atom. The van der Waals surface area contributed by atoms with Crippen molar-refractivity contribution in [1.29, 1.82) is 0 Å². The Hall–Kier alpha value is -4.18.